The van der Waals surface area contributed by atoms with E-state index in [0.717, 1.165) is 30.7 Å². The highest BCUT2D eigenvalue weighted by molar-refractivity contribution is 5.74. The van der Waals surface area contributed by atoms with Gasteiger partial charge in [0.15, 0.2) is 11.9 Å². The van der Waals surface area contributed by atoms with Crippen LogP contribution < -0.4 is 0 Å². The number of likely N-dealkylation sites (tertiary alicyclic amines) is 1. The lowest BCUT2D eigenvalue weighted by Gasteiger charge is -2.25. The summed E-state index contributed by atoms with van der Waals surface area (Å²) in [4.78, 5) is 13.3. The minimum atomic E-state index is 0.659. The van der Waals surface area contributed by atoms with Crippen LogP contribution in [0, 0.1) is 0 Å². The molecule has 5 nitrogen and oxygen atoms in total. The van der Waals surface area contributed by atoms with Crippen LogP contribution in [0.25, 0.3) is 5.65 Å². The lowest BCUT2D eigenvalue weighted by Crippen LogP contribution is -2.31. The Labute approximate surface area is 112 Å². The van der Waals surface area contributed by atoms with E-state index in [2.05, 4.69) is 15.1 Å². The molecular formula is C14H18N4O. The van der Waals surface area contributed by atoms with Crippen LogP contribution in [0.2, 0.25) is 0 Å². The van der Waals surface area contributed by atoms with Gasteiger partial charge in [-0.25, -0.2) is 0 Å². The van der Waals surface area contributed by atoms with Gasteiger partial charge in [0.05, 0.1) is 0 Å². The summed E-state index contributed by atoms with van der Waals surface area (Å²) >= 11 is 0. The van der Waals surface area contributed by atoms with E-state index in [4.69, 9.17) is 0 Å². The van der Waals surface area contributed by atoms with Gasteiger partial charge in [0.1, 0.15) is 5.82 Å². The molecule has 0 N–H and O–H groups in total. The molecular weight excluding hydrogens is 240 g/mol. The zero-order chi connectivity index (χ0) is 13.1. The van der Waals surface area contributed by atoms with Crippen molar-refractivity contribution in [3.63, 3.8) is 0 Å². The van der Waals surface area contributed by atoms with E-state index in [1.165, 1.54) is 32.4 Å². The Morgan fingerprint density at radius 3 is 2.79 bits per heavy atom. The zero-order valence-corrected chi connectivity index (χ0v) is 11.0. The Morgan fingerprint density at radius 1 is 1.16 bits per heavy atom. The van der Waals surface area contributed by atoms with E-state index in [9.17, 15) is 4.79 Å². The number of carbonyl (C=O) groups excluding carboxylic acids is 1. The van der Waals surface area contributed by atoms with Crippen molar-refractivity contribution in [3.05, 3.63) is 29.7 Å². The summed E-state index contributed by atoms with van der Waals surface area (Å²) in [7, 11) is 0. The normalized spacial score (nSPS) is 16.8. The van der Waals surface area contributed by atoms with E-state index in [1.807, 2.05) is 16.7 Å². The van der Waals surface area contributed by atoms with Gasteiger partial charge in [-0.3, -0.25) is 9.20 Å². The maximum absolute atomic E-state index is 10.8. The second kappa shape index (κ2) is 5.48. The summed E-state index contributed by atoms with van der Waals surface area (Å²) in [5.74, 6) is 0.935. The van der Waals surface area contributed by atoms with Crippen molar-refractivity contribution in [2.75, 3.05) is 19.6 Å². The summed E-state index contributed by atoms with van der Waals surface area (Å²) in [6.45, 7) is 3.40. The molecule has 0 atom stereocenters. The van der Waals surface area contributed by atoms with Crippen LogP contribution in [0.3, 0.4) is 0 Å². The Kier molecular flexibility index (Phi) is 3.55. The first-order valence-electron chi connectivity index (χ1n) is 6.88. The lowest BCUT2D eigenvalue weighted by molar-refractivity contribution is 0.112. The first-order valence-corrected chi connectivity index (χ1v) is 6.88. The standard InChI is InChI=1S/C14H18N4O/c19-11-12-4-5-13-15-16-14(18(13)10-12)6-9-17-7-2-1-3-8-17/h4-5,10-11H,1-3,6-9H2. The molecule has 5 heteroatoms. The molecule has 0 saturated carbocycles. The monoisotopic (exact) mass is 258 g/mol. The van der Waals surface area contributed by atoms with Crippen molar-refractivity contribution in [1.29, 1.82) is 0 Å². The molecule has 0 radical (unpaired) electrons. The number of carbonyl (C=O) groups is 1. The van der Waals surface area contributed by atoms with Crippen LogP contribution in [0.4, 0.5) is 0 Å². The molecule has 0 bridgehead atoms. The van der Waals surface area contributed by atoms with Crippen LogP contribution in [0.1, 0.15) is 35.4 Å². The van der Waals surface area contributed by atoms with Crippen LogP contribution in [0.5, 0.6) is 0 Å². The average Bonchev–Trinajstić information content (AvgIpc) is 2.88. The minimum absolute atomic E-state index is 0.659. The fourth-order valence-corrected chi connectivity index (χ4v) is 2.64. The number of aromatic nitrogens is 3. The number of hydrogen-bond donors (Lipinski definition) is 0. The summed E-state index contributed by atoms with van der Waals surface area (Å²) in [6.07, 6.45) is 7.50. The molecule has 100 valence electrons. The van der Waals surface area contributed by atoms with E-state index < -0.39 is 0 Å². The number of hydrogen-bond acceptors (Lipinski definition) is 4. The molecule has 2 aromatic heterocycles. The third-order valence-electron chi connectivity index (χ3n) is 3.73. The Bertz CT molecular complexity index is 572. The van der Waals surface area contributed by atoms with Crippen LogP contribution in [-0.4, -0.2) is 45.4 Å². The molecule has 0 aliphatic carbocycles. The summed E-state index contributed by atoms with van der Waals surface area (Å²) in [5.41, 5.74) is 1.46. The molecule has 2 aromatic rings. The highest BCUT2D eigenvalue weighted by Crippen LogP contribution is 2.11. The smallest absolute Gasteiger partial charge is 0.160 e. The molecule has 1 aliphatic rings. The van der Waals surface area contributed by atoms with Gasteiger partial charge in [-0.2, -0.15) is 0 Å². The average molecular weight is 258 g/mol. The molecule has 0 amide bonds. The fraction of sp³-hybridized carbons (Fsp3) is 0.500. The quantitative estimate of drug-likeness (QED) is 0.781. The van der Waals surface area contributed by atoms with Crippen molar-refractivity contribution >= 4 is 11.9 Å². The second-order valence-electron chi connectivity index (χ2n) is 5.08. The largest absolute Gasteiger partial charge is 0.303 e. The molecule has 19 heavy (non-hydrogen) atoms. The van der Waals surface area contributed by atoms with Crippen molar-refractivity contribution in [2.45, 2.75) is 25.7 Å². The zero-order valence-electron chi connectivity index (χ0n) is 11.0. The molecule has 1 aliphatic heterocycles. The third kappa shape index (κ3) is 2.66. The van der Waals surface area contributed by atoms with E-state index in [-0.39, 0.29) is 0 Å². The summed E-state index contributed by atoms with van der Waals surface area (Å²) < 4.78 is 1.92. The third-order valence-corrected chi connectivity index (χ3v) is 3.73. The fourth-order valence-electron chi connectivity index (χ4n) is 2.64. The van der Waals surface area contributed by atoms with Gasteiger partial charge in [0, 0.05) is 24.7 Å². The van der Waals surface area contributed by atoms with Crippen molar-refractivity contribution in [3.8, 4) is 0 Å². The first-order chi connectivity index (χ1) is 9.36. The maximum Gasteiger partial charge on any atom is 0.160 e. The number of nitrogens with zero attached hydrogens (tertiary/aromatic N) is 4. The Balaban J connectivity index is 1.74. The molecule has 1 fully saturated rings. The minimum Gasteiger partial charge on any atom is -0.303 e. The number of fused-ring (bicyclic) bond motifs is 1. The van der Waals surface area contributed by atoms with Gasteiger partial charge in [-0.15, -0.1) is 10.2 Å². The van der Waals surface area contributed by atoms with Gasteiger partial charge < -0.3 is 4.90 Å². The van der Waals surface area contributed by atoms with Crippen LogP contribution in [-0.2, 0) is 6.42 Å². The number of aldehydes is 1. The SMILES string of the molecule is O=Cc1ccc2nnc(CCN3CCCCC3)n2c1. The van der Waals surface area contributed by atoms with E-state index in [0.29, 0.717) is 5.56 Å². The van der Waals surface area contributed by atoms with Gasteiger partial charge in [0.2, 0.25) is 0 Å². The molecule has 0 unspecified atom stereocenters. The Hall–Kier alpha value is -1.75. The summed E-state index contributed by atoms with van der Waals surface area (Å²) in [5, 5.41) is 8.36. The summed E-state index contributed by atoms with van der Waals surface area (Å²) in [6, 6.07) is 3.60. The second-order valence-corrected chi connectivity index (χ2v) is 5.08. The van der Waals surface area contributed by atoms with Crippen molar-refractivity contribution in [1.82, 2.24) is 19.5 Å². The highest BCUT2D eigenvalue weighted by atomic mass is 16.1. The molecule has 1 saturated heterocycles. The predicted octanol–water partition coefficient (Wildman–Crippen LogP) is 1.57. The number of pyridine rings is 1. The molecule has 0 spiro atoms. The van der Waals surface area contributed by atoms with Crippen molar-refractivity contribution in [2.24, 2.45) is 0 Å². The number of piperidine rings is 1. The molecule has 0 aromatic carbocycles. The molecule has 3 heterocycles. The lowest BCUT2D eigenvalue weighted by atomic mass is 10.1. The van der Waals surface area contributed by atoms with E-state index >= 15 is 0 Å². The Morgan fingerprint density at radius 2 is 2.00 bits per heavy atom. The van der Waals surface area contributed by atoms with Gasteiger partial charge >= 0.3 is 0 Å². The van der Waals surface area contributed by atoms with Crippen LogP contribution in [0.15, 0.2) is 18.3 Å². The van der Waals surface area contributed by atoms with Crippen LogP contribution >= 0.6 is 0 Å². The highest BCUT2D eigenvalue weighted by Gasteiger charge is 2.12. The van der Waals surface area contributed by atoms with Gasteiger partial charge in [0.25, 0.3) is 0 Å². The topological polar surface area (TPSA) is 50.5 Å². The first kappa shape index (κ1) is 12.3. The maximum atomic E-state index is 10.8. The van der Waals surface area contributed by atoms with Gasteiger partial charge in [-0.1, -0.05) is 6.42 Å². The van der Waals surface area contributed by atoms with Gasteiger partial charge in [-0.05, 0) is 38.1 Å². The van der Waals surface area contributed by atoms with Crippen molar-refractivity contribution < 1.29 is 4.79 Å². The van der Waals surface area contributed by atoms with E-state index in [1.54, 1.807) is 6.07 Å². The molecule has 3 rings (SSSR count). The number of rotatable bonds is 4. The predicted molar refractivity (Wildman–Crippen MR) is 72.4 cm³/mol.